The molecule has 0 spiro atoms. The number of nitrogens with one attached hydrogen (secondary N) is 1. The second-order valence-electron chi connectivity index (χ2n) is 4.20. The van der Waals surface area contributed by atoms with Gasteiger partial charge in [0.15, 0.2) is 17.5 Å². The van der Waals surface area contributed by atoms with Crippen LogP contribution in [0.25, 0.3) is 10.9 Å². The summed E-state index contributed by atoms with van der Waals surface area (Å²) in [5.74, 6) is -3.88. The van der Waals surface area contributed by atoms with Crippen molar-refractivity contribution < 1.29 is 22.0 Å². The topological polar surface area (TPSA) is 24.9 Å². The van der Waals surface area contributed by atoms with Crippen LogP contribution >= 0.6 is 0 Å². The molecule has 0 amide bonds. The zero-order chi connectivity index (χ0) is 14.9. The third-order valence-corrected chi connectivity index (χ3v) is 2.74. The molecular formula is C13H11F5N2. The molecule has 0 saturated carbocycles. The maximum absolute atomic E-state index is 13.8. The Morgan fingerprint density at radius 3 is 2.45 bits per heavy atom. The molecule has 20 heavy (non-hydrogen) atoms. The largest absolute Gasteiger partial charge is 0.384 e. The molecule has 1 N–H and O–H groups in total. The molecule has 0 saturated heterocycles. The highest BCUT2D eigenvalue weighted by atomic mass is 19.3. The van der Waals surface area contributed by atoms with Crippen molar-refractivity contribution in [2.45, 2.75) is 19.8 Å². The van der Waals surface area contributed by atoms with E-state index in [1.54, 1.807) is 0 Å². The van der Waals surface area contributed by atoms with Gasteiger partial charge in [0.2, 0.25) is 0 Å². The number of hydrogen-bond acceptors (Lipinski definition) is 2. The molecule has 2 rings (SSSR count). The Bertz CT molecular complexity index is 642. The van der Waals surface area contributed by atoms with E-state index in [0.717, 1.165) is 6.07 Å². The number of rotatable bonds is 4. The SMILES string of the molecule is CCCNc1cc(C(F)F)nc2c(F)cc(F)c(F)c12. The lowest BCUT2D eigenvalue weighted by Gasteiger charge is -2.12. The van der Waals surface area contributed by atoms with E-state index in [9.17, 15) is 22.0 Å². The fourth-order valence-corrected chi connectivity index (χ4v) is 1.83. The lowest BCUT2D eigenvalue weighted by Crippen LogP contribution is -2.06. The van der Waals surface area contributed by atoms with Crippen LogP contribution in [0.15, 0.2) is 12.1 Å². The molecule has 0 aliphatic heterocycles. The summed E-state index contributed by atoms with van der Waals surface area (Å²) >= 11 is 0. The van der Waals surface area contributed by atoms with Gasteiger partial charge in [-0.25, -0.2) is 26.9 Å². The summed E-state index contributed by atoms with van der Waals surface area (Å²) in [4.78, 5) is 3.37. The highest BCUT2D eigenvalue weighted by Crippen LogP contribution is 2.32. The number of hydrogen-bond donors (Lipinski definition) is 1. The van der Waals surface area contributed by atoms with Crippen LogP contribution in [0, 0.1) is 17.5 Å². The van der Waals surface area contributed by atoms with E-state index in [4.69, 9.17) is 0 Å². The fraction of sp³-hybridized carbons (Fsp3) is 0.308. The van der Waals surface area contributed by atoms with Crippen molar-refractivity contribution in [2.75, 3.05) is 11.9 Å². The van der Waals surface area contributed by atoms with Crippen molar-refractivity contribution in [1.82, 2.24) is 4.98 Å². The van der Waals surface area contributed by atoms with Gasteiger partial charge in [-0.15, -0.1) is 0 Å². The van der Waals surface area contributed by atoms with Gasteiger partial charge < -0.3 is 5.32 Å². The molecule has 0 radical (unpaired) electrons. The number of benzene rings is 1. The molecule has 7 heteroatoms. The quantitative estimate of drug-likeness (QED) is 0.666. The molecule has 1 aromatic carbocycles. The van der Waals surface area contributed by atoms with Gasteiger partial charge in [-0.3, -0.25) is 0 Å². The van der Waals surface area contributed by atoms with Gasteiger partial charge in [0.1, 0.15) is 11.2 Å². The Morgan fingerprint density at radius 2 is 1.85 bits per heavy atom. The molecule has 1 aromatic heterocycles. The van der Waals surface area contributed by atoms with Crippen molar-refractivity contribution in [2.24, 2.45) is 0 Å². The number of halogens is 5. The van der Waals surface area contributed by atoms with Crippen LogP contribution in [0.3, 0.4) is 0 Å². The molecule has 0 bridgehead atoms. The molecule has 0 atom stereocenters. The third-order valence-electron chi connectivity index (χ3n) is 2.74. The predicted molar refractivity (Wildman–Crippen MR) is 65.4 cm³/mol. The molecule has 0 fully saturated rings. The Balaban J connectivity index is 2.77. The average molecular weight is 290 g/mol. The van der Waals surface area contributed by atoms with Gasteiger partial charge >= 0.3 is 0 Å². The Morgan fingerprint density at radius 1 is 1.15 bits per heavy atom. The maximum atomic E-state index is 13.8. The van der Waals surface area contributed by atoms with E-state index in [2.05, 4.69) is 10.3 Å². The van der Waals surface area contributed by atoms with E-state index in [-0.39, 0.29) is 5.69 Å². The third kappa shape index (κ3) is 2.52. The monoisotopic (exact) mass is 290 g/mol. The molecule has 0 unspecified atom stereocenters. The maximum Gasteiger partial charge on any atom is 0.280 e. The molecule has 0 aliphatic carbocycles. The molecular weight excluding hydrogens is 279 g/mol. The molecule has 108 valence electrons. The molecule has 0 aliphatic rings. The lowest BCUT2D eigenvalue weighted by atomic mass is 10.1. The molecule has 2 nitrogen and oxygen atoms in total. The van der Waals surface area contributed by atoms with E-state index in [1.165, 1.54) is 0 Å². The van der Waals surface area contributed by atoms with Gasteiger partial charge in [-0.2, -0.15) is 0 Å². The molecule has 1 heterocycles. The van der Waals surface area contributed by atoms with Crippen LogP contribution in [0.4, 0.5) is 27.6 Å². The summed E-state index contributed by atoms with van der Waals surface area (Å²) in [6.45, 7) is 2.15. The van der Waals surface area contributed by atoms with E-state index < -0.39 is 40.5 Å². The number of anilines is 1. The van der Waals surface area contributed by atoms with Crippen LogP contribution in [-0.4, -0.2) is 11.5 Å². The Hall–Kier alpha value is -1.92. The minimum atomic E-state index is -2.94. The fourth-order valence-electron chi connectivity index (χ4n) is 1.83. The number of pyridine rings is 1. The number of nitrogens with zero attached hydrogens (tertiary/aromatic N) is 1. The van der Waals surface area contributed by atoms with E-state index in [1.807, 2.05) is 6.92 Å². The lowest BCUT2D eigenvalue weighted by molar-refractivity contribution is 0.146. The number of alkyl halides is 2. The first kappa shape index (κ1) is 14.5. The van der Waals surface area contributed by atoms with Crippen molar-refractivity contribution in [1.29, 1.82) is 0 Å². The standard InChI is InChI=1S/C13H11F5N2/c1-2-3-19-8-5-9(13(17)18)20-12-7(15)4-6(14)11(16)10(8)12/h4-5,13H,2-3H2,1H3,(H,19,20). The normalized spacial score (nSPS) is 11.3. The zero-order valence-electron chi connectivity index (χ0n) is 10.5. The minimum Gasteiger partial charge on any atom is -0.384 e. The highest BCUT2D eigenvalue weighted by Gasteiger charge is 2.20. The van der Waals surface area contributed by atoms with E-state index >= 15 is 0 Å². The minimum absolute atomic E-state index is 0.0944. The van der Waals surface area contributed by atoms with E-state index in [0.29, 0.717) is 19.0 Å². The Labute approximate surface area is 111 Å². The van der Waals surface area contributed by atoms with Crippen LogP contribution in [0.2, 0.25) is 0 Å². The van der Waals surface area contributed by atoms with Crippen LogP contribution in [0.5, 0.6) is 0 Å². The average Bonchev–Trinajstić information content (AvgIpc) is 2.41. The first-order valence-electron chi connectivity index (χ1n) is 5.95. The summed E-state index contributed by atoms with van der Waals surface area (Å²) < 4.78 is 66.1. The zero-order valence-corrected chi connectivity index (χ0v) is 10.5. The predicted octanol–water partition coefficient (Wildman–Crippen LogP) is 4.41. The summed E-state index contributed by atoms with van der Waals surface area (Å²) in [5, 5.41) is 2.22. The smallest absolute Gasteiger partial charge is 0.280 e. The van der Waals surface area contributed by atoms with Gasteiger partial charge in [-0.05, 0) is 12.5 Å². The van der Waals surface area contributed by atoms with Crippen molar-refractivity contribution >= 4 is 16.6 Å². The number of fused-ring (bicyclic) bond motifs is 1. The van der Waals surface area contributed by atoms with Gasteiger partial charge in [0, 0.05) is 18.3 Å². The second kappa shape index (κ2) is 5.60. The van der Waals surface area contributed by atoms with Crippen LogP contribution in [-0.2, 0) is 0 Å². The first-order chi connectivity index (χ1) is 9.45. The van der Waals surface area contributed by atoms with Gasteiger partial charge in [0.05, 0.1) is 5.39 Å². The van der Waals surface area contributed by atoms with Gasteiger partial charge in [-0.1, -0.05) is 6.92 Å². The highest BCUT2D eigenvalue weighted by molar-refractivity contribution is 5.92. The summed E-state index contributed by atoms with van der Waals surface area (Å²) in [7, 11) is 0. The van der Waals surface area contributed by atoms with Crippen molar-refractivity contribution in [3.05, 3.63) is 35.3 Å². The van der Waals surface area contributed by atoms with Crippen LogP contribution < -0.4 is 5.32 Å². The molecule has 2 aromatic rings. The van der Waals surface area contributed by atoms with Crippen molar-refractivity contribution in [3.63, 3.8) is 0 Å². The summed E-state index contributed by atoms with van der Waals surface area (Å²) in [6, 6.07) is 1.20. The van der Waals surface area contributed by atoms with Gasteiger partial charge in [0.25, 0.3) is 6.43 Å². The Kier molecular flexibility index (Phi) is 4.06. The van der Waals surface area contributed by atoms with Crippen LogP contribution in [0.1, 0.15) is 25.5 Å². The number of aromatic nitrogens is 1. The van der Waals surface area contributed by atoms with Crippen molar-refractivity contribution in [3.8, 4) is 0 Å². The second-order valence-corrected chi connectivity index (χ2v) is 4.20. The summed E-state index contributed by atoms with van der Waals surface area (Å²) in [6.07, 6.45) is -2.30. The summed E-state index contributed by atoms with van der Waals surface area (Å²) in [5.41, 5.74) is -1.40. The first-order valence-corrected chi connectivity index (χ1v) is 5.95.